The Labute approximate surface area is 98.8 Å². The van der Waals surface area contributed by atoms with Crippen molar-refractivity contribution in [2.24, 2.45) is 7.05 Å². The molecule has 88 valence electrons. The molecule has 0 aliphatic heterocycles. The molecule has 17 heavy (non-hydrogen) atoms. The molecule has 0 saturated heterocycles. The smallest absolute Gasteiger partial charge is 0.356 e. The highest BCUT2D eigenvalue weighted by molar-refractivity contribution is 5.86. The second kappa shape index (κ2) is 4.78. The van der Waals surface area contributed by atoms with Crippen LogP contribution >= 0.6 is 0 Å². The molecule has 1 N–H and O–H groups in total. The van der Waals surface area contributed by atoms with Gasteiger partial charge < -0.3 is 9.67 Å². The maximum Gasteiger partial charge on any atom is 0.356 e. The van der Waals surface area contributed by atoms with Crippen molar-refractivity contribution in [3.63, 3.8) is 0 Å². The molecule has 0 saturated carbocycles. The summed E-state index contributed by atoms with van der Waals surface area (Å²) < 4.78 is 1.74. The number of rotatable bonds is 4. The van der Waals surface area contributed by atoms with Gasteiger partial charge >= 0.3 is 5.97 Å². The number of imidazole rings is 1. The fourth-order valence-electron chi connectivity index (χ4n) is 1.72. The van der Waals surface area contributed by atoms with Gasteiger partial charge in [0.1, 0.15) is 0 Å². The van der Waals surface area contributed by atoms with E-state index < -0.39 is 5.97 Å². The van der Waals surface area contributed by atoms with Crippen LogP contribution in [-0.2, 0) is 19.9 Å². The third-order valence-corrected chi connectivity index (χ3v) is 2.61. The standard InChI is InChI=1S/C12H13N3O2/c1-15-8-14-11(12(16)17)10(15)6-5-9-4-2-3-7-13-9/h2-4,7-8H,5-6H2,1H3,(H,16,17). The van der Waals surface area contributed by atoms with Crippen LogP contribution in [0.5, 0.6) is 0 Å². The van der Waals surface area contributed by atoms with Crippen LogP contribution in [0.15, 0.2) is 30.7 Å². The average Bonchev–Trinajstić information content (AvgIpc) is 2.69. The molecular weight excluding hydrogens is 218 g/mol. The van der Waals surface area contributed by atoms with Crippen LogP contribution < -0.4 is 0 Å². The van der Waals surface area contributed by atoms with Crippen molar-refractivity contribution in [2.45, 2.75) is 12.8 Å². The molecule has 0 bridgehead atoms. The highest BCUT2D eigenvalue weighted by Crippen LogP contribution is 2.10. The first-order chi connectivity index (χ1) is 8.18. The molecule has 5 heteroatoms. The van der Waals surface area contributed by atoms with E-state index in [1.54, 1.807) is 17.8 Å². The van der Waals surface area contributed by atoms with Gasteiger partial charge in [-0.25, -0.2) is 9.78 Å². The van der Waals surface area contributed by atoms with Crippen LogP contribution in [-0.4, -0.2) is 25.6 Å². The van der Waals surface area contributed by atoms with Crippen molar-refractivity contribution >= 4 is 5.97 Å². The first-order valence-corrected chi connectivity index (χ1v) is 5.32. The largest absolute Gasteiger partial charge is 0.476 e. The third-order valence-electron chi connectivity index (χ3n) is 2.61. The average molecular weight is 231 g/mol. The lowest BCUT2D eigenvalue weighted by Gasteiger charge is -2.03. The number of hydrogen-bond donors (Lipinski definition) is 1. The summed E-state index contributed by atoms with van der Waals surface area (Å²) in [5.41, 5.74) is 1.80. The number of carbonyl (C=O) groups is 1. The van der Waals surface area contributed by atoms with Gasteiger partial charge in [-0.1, -0.05) is 6.07 Å². The van der Waals surface area contributed by atoms with Gasteiger partial charge in [0.05, 0.1) is 12.0 Å². The zero-order valence-corrected chi connectivity index (χ0v) is 9.50. The lowest BCUT2D eigenvalue weighted by molar-refractivity contribution is 0.0689. The summed E-state index contributed by atoms with van der Waals surface area (Å²) >= 11 is 0. The topological polar surface area (TPSA) is 68.0 Å². The van der Waals surface area contributed by atoms with Gasteiger partial charge in [-0.05, 0) is 25.0 Å². The number of hydrogen-bond acceptors (Lipinski definition) is 3. The Morgan fingerprint density at radius 3 is 2.82 bits per heavy atom. The molecule has 5 nitrogen and oxygen atoms in total. The second-order valence-corrected chi connectivity index (χ2v) is 3.78. The number of pyridine rings is 1. The maximum atomic E-state index is 11.0. The summed E-state index contributed by atoms with van der Waals surface area (Å²) in [4.78, 5) is 19.0. The summed E-state index contributed by atoms with van der Waals surface area (Å²) in [5, 5.41) is 8.98. The number of nitrogens with zero attached hydrogens (tertiary/aromatic N) is 3. The van der Waals surface area contributed by atoms with Crippen LogP contribution in [0.2, 0.25) is 0 Å². The Morgan fingerprint density at radius 2 is 2.18 bits per heavy atom. The molecule has 2 aromatic rings. The van der Waals surface area contributed by atoms with Gasteiger partial charge in [-0.2, -0.15) is 0 Å². The number of carboxylic acids is 1. The van der Waals surface area contributed by atoms with Crippen LogP contribution in [0.1, 0.15) is 21.9 Å². The Hall–Kier alpha value is -2.17. The summed E-state index contributed by atoms with van der Waals surface area (Å²) in [6.45, 7) is 0. The Balaban J connectivity index is 2.14. The SMILES string of the molecule is Cn1cnc(C(=O)O)c1CCc1ccccn1. The van der Waals surface area contributed by atoms with E-state index in [1.165, 1.54) is 6.33 Å². The van der Waals surface area contributed by atoms with E-state index in [0.29, 0.717) is 12.8 Å². The Kier molecular flexibility index (Phi) is 3.18. The molecule has 0 aromatic carbocycles. The molecule has 0 spiro atoms. The number of aromatic carboxylic acids is 1. The fraction of sp³-hybridized carbons (Fsp3) is 0.250. The zero-order valence-electron chi connectivity index (χ0n) is 9.50. The summed E-state index contributed by atoms with van der Waals surface area (Å²) in [5.74, 6) is -0.985. The lowest BCUT2D eigenvalue weighted by Crippen LogP contribution is -2.07. The van der Waals surface area contributed by atoms with Crippen LogP contribution in [0.25, 0.3) is 0 Å². The van der Waals surface area contributed by atoms with E-state index in [4.69, 9.17) is 5.11 Å². The number of carboxylic acid groups (broad SMARTS) is 1. The van der Waals surface area contributed by atoms with E-state index in [2.05, 4.69) is 9.97 Å². The molecular formula is C12H13N3O2. The first kappa shape index (κ1) is 11.3. The quantitative estimate of drug-likeness (QED) is 0.861. The predicted octanol–water partition coefficient (Wildman–Crippen LogP) is 1.30. The van der Waals surface area contributed by atoms with E-state index >= 15 is 0 Å². The molecule has 0 aliphatic carbocycles. The molecule has 0 aliphatic rings. The summed E-state index contributed by atoms with van der Waals surface area (Å²) in [6, 6.07) is 5.71. The number of aromatic nitrogens is 3. The van der Waals surface area contributed by atoms with Gasteiger partial charge in [0.25, 0.3) is 0 Å². The zero-order chi connectivity index (χ0) is 12.3. The molecule has 0 fully saturated rings. The van der Waals surface area contributed by atoms with Crippen molar-refractivity contribution in [1.82, 2.24) is 14.5 Å². The van der Waals surface area contributed by atoms with Crippen LogP contribution in [0.3, 0.4) is 0 Å². The van der Waals surface area contributed by atoms with Gasteiger partial charge in [-0.15, -0.1) is 0 Å². The van der Waals surface area contributed by atoms with Crippen molar-refractivity contribution < 1.29 is 9.90 Å². The van der Waals surface area contributed by atoms with Gasteiger partial charge in [0.2, 0.25) is 0 Å². The highest BCUT2D eigenvalue weighted by Gasteiger charge is 2.15. The van der Waals surface area contributed by atoms with Crippen molar-refractivity contribution in [1.29, 1.82) is 0 Å². The minimum atomic E-state index is -0.985. The van der Waals surface area contributed by atoms with E-state index in [1.807, 2.05) is 18.2 Å². The minimum absolute atomic E-state index is 0.128. The van der Waals surface area contributed by atoms with E-state index in [0.717, 1.165) is 11.4 Å². The molecule has 2 heterocycles. The van der Waals surface area contributed by atoms with Gasteiger partial charge in [0.15, 0.2) is 5.69 Å². The lowest BCUT2D eigenvalue weighted by atomic mass is 10.1. The van der Waals surface area contributed by atoms with E-state index in [9.17, 15) is 4.79 Å². The molecule has 0 amide bonds. The summed E-state index contributed by atoms with van der Waals surface area (Å²) in [7, 11) is 1.80. The highest BCUT2D eigenvalue weighted by atomic mass is 16.4. The Morgan fingerprint density at radius 1 is 1.35 bits per heavy atom. The number of aryl methyl sites for hydroxylation is 2. The molecule has 2 rings (SSSR count). The molecule has 0 radical (unpaired) electrons. The molecule has 0 atom stereocenters. The minimum Gasteiger partial charge on any atom is -0.476 e. The molecule has 2 aromatic heterocycles. The van der Waals surface area contributed by atoms with Crippen molar-refractivity contribution in [3.8, 4) is 0 Å². The molecule has 0 unspecified atom stereocenters. The van der Waals surface area contributed by atoms with Crippen LogP contribution in [0.4, 0.5) is 0 Å². The third kappa shape index (κ3) is 2.50. The van der Waals surface area contributed by atoms with E-state index in [-0.39, 0.29) is 5.69 Å². The normalized spacial score (nSPS) is 10.4. The maximum absolute atomic E-state index is 11.0. The predicted molar refractivity (Wildman–Crippen MR) is 61.8 cm³/mol. The fourth-order valence-corrected chi connectivity index (χ4v) is 1.72. The van der Waals surface area contributed by atoms with Gasteiger partial charge in [0, 0.05) is 18.9 Å². The van der Waals surface area contributed by atoms with Crippen molar-refractivity contribution in [2.75, 3.05) is 0 Å². The first-order valence-electron chi connectivity index (χ1n) is 5.32. The Bertz CT molecular complexity index is 520. The summed E-state index contributed by atoms with van der Waals surface area (Å²) in [6.07, 6.45) is 4.59. The second-order valence-electron chi connectivity index (χ2n) is 3.78. The monoisotopic (exact) mass is 231 g/mol. The van der Waals surface area contributed by atoms with Crippen LogP contribution in [0, 0.1) is 0 Å². The van der Waals surface area contributed by atoms with Crippen molar-refractivity contribution in [3.05, 3.63) is 47.8 Å². The van der Waals surface area contributed by atoms with Gasteiger partial charge in [-0.3, -0.25) is 4.98 Å².